The van der Waals surface area contributed by atoms with E-state index in [0.717, 1.165) is 58.9 Å². The summed E-state index contributed by atoms with van der Waals surface area (Å²) in [5.74, 6) is 0.201. The third kappa shape index (κ3) is 2.43. The molecule has 1 aliphatic rings. The molecule has 0 unspecified atom stereocenters. The van der Waals surface area contributed by atoms with Crippen molar-refractivity contribution in [3.63, 3.8) is 0 Å². The first-order chi connectivity index (χ1) is 13.6. The molecule has 0 saturated carbocycles. The number of carbonyl (C=O) groups excluding carboxylic acids is 1. The fraction of sp³-hybridized carbons (Fsp3) is 0.304. The monoisotopic (exact) mass is 374 g/mol. The quantitative estimate of drug-likeness (QED) is 0.542. The lowest BCUT2D eigenvalue weighted by molar-refractivity contribution is 0.0994. The van der Waals surface area contributed by atoms with Gasteiger partial charge < -0.3 is 13.9 Å². The molecular weight excluding hydrogens is 352 g/mol. The Kier molecular flexibility index (Phi) is 3.88. The summed E-state index contributed by atoms with van der Waals surface area (Å²) in [6, 6.07) is 9.36. The van der Waals surface area contributed by atoms with E-state index in [1.807, 2.05) is 18.2 Å². The average molecular weight is 374 g/mol. The van der Waals surface area contributed by atoms with Crippen LogP contribution in [0.15, 0.2) is 45.8 Å². The smallest absolute Gasteiger partial charge is 0.192 e. The van der Waals surface area contributed by atoms with Gasteiger partial charge in [0.2, 0.25) is 0 Å². The Labute approximate surface area is 162 Å². The molecule has 0 radical (unpaired) electrons. The van der Waals surface area contributed by atoms with Crippen molar-refractivity contribution < 1.29 is 9.21 Å². The van der Waals surface area contributed by atoms with Crippen molar-refractivity contribution in [1.29, 1.82) is 0 Å². The molecule has 0 spiro atoms. The van der Waals surface area contributed by atoms with E-state index in [9.17, 15) is 9.59 Å². The van der Waals surface area contributed by atoms with Crippen LogP contribution in [0.3, 0.4) is 0 Å². The number of nitrogens with zero attached hydrogens (tertiary/aromatic N) is 2. The van der Waals surface area contributed by atoms with Crippen molar-refractivity contribution in [2.24, 2.45) is 0 Å². The second-order valence-electron chi connectivity index (χ2n) is 7.84. The summed E-state index contributed by atoms with van der Waals surface area (Å²) >= 11 is 0. The Bertz CT molecular complexity index is 1310. The molecule has 0 saturated heterocycles. The van der Waals surface area contributed by atoms with Crippen molar-refractivity contribution in [2.45, 2.75) is 25.8 Å². The van der Waals surface area contributed by atoms with Crippen LogP contribution in [0.25, 0.3) is 32.8 Å². The molecule has 142 valence electrons. The van der Waals surface area contributed by atoms with Crippen molar-refractivity contribution in [2.75, 3.05) is 20.6 Å². The number of aryl methyl sites for hydroxylation is 2. The number of Topliss-reactive ketones (excluding diaryl/α,β-unsaturated/α-hetero) is 1. The van der Waals surface area contributed by atoms with Gasteiger partial charge in [-0.2, -0.15) is 0 Å². The molecule has 2 aromatic heterocycles. The molecule has 0 atom stereocenters. The second-order valence-corrected chi connectivity index (χ2v) is 7.84. The van der Waals surface area contributed by atoms with Crippen LogP contribution in [-0.4, -0.2) is 35.9 Å². The number of aromatic nitrogens is 1. The zero-order valence-corrected chi connectivity index (χ0v) is 16.1. The van der Waals surface area contributed by atoms with E-state index in [4.69, 9.17) is 4.42 Å². The molecule has 0 fully saturated rings. The van der Waals surface area contributed by atoms with Crippen molar-refractivity contribution >= 4 is 38.6 Å². The van der Waals surface area contributed by atoms with Gasteiger partial charge in [0.15, 0.2) is 11.2 Å². The van der Waals surface area contributed by atoms with Crippen LogP contribution in [-0.2, 0) is 13.0 Å². The van der Waals surface area contributed by atoms with Gasteiger partial charge in [0.1, 0.15) is 5.58 Å². The van der Waals surface area contributed by atoms with E-state index in [1.165, 1.54) is 12.3 Å². The van der Waals surface area contributed by atoms with Crippen molar-refractivity contribution in [3.8, 4) is 0 Å². The molecule has 2 aromatic carbocycles. The van der Waals surface area contributed by atoms with Gasteiger partial charge in [-0.05, 0) is 63.3 Å². The maximum Gasteiger partial charge on any atom is 0.192 e. The Hall–Kier alpha value is -2.92. The van der Waals surface area contributed by atoms with Gasteiger partial charge in [-0.3, -0.25) is 9.59 Å². The number of benzene rings is 2. The summed E-state index contributed by atoms with van der Waals surface area (Å²) in [6.07, 6.45) is 3.78. The molecule has 0 aliphatic heterocycles. The molecule has 5 nitrogen and oxygen atoms in total. The molecule has 0 N–H and O–H groups in total. The van der Waals surface area contributed by atoms with Gasteiger partial charge in [-0.25, -0.2) is 0 Å². The number of hydrogen-bond acceptors (Lipinski definition) is 4. The Balaban J connectivity index is 1.89. The lowest BCUT2D eigenvalue weighted by Gasteiger charge is -2.12. The topological polar surface area (TPSA) is 55.5 Å². The number of rotatable bonds is 4. The normalized spacial score (nSPS) is 14.0. The number of carbonyl (C=O) groups is 1. The second kappa shape index (κ2) is 6.31. The van der Waals surface area contributed by atoms with Crippen LogP contribution in [0.4, 0.5) is 0 Å². The molecule has 0 bridgehead atoms. The number of fused-ring (bicyclic) bond motifs is 7. The minimum absolute atomic E-state index is 0.0414. The van der Waals surface area contributed by atoms with Gasteiger partial charge in [0.05, 0.1) is 22.6 Å². The van der Waals surface area contributed by atoms with Gasteiger partial charge in [-0.15, -0.1) is 0 Å². The van der Waals surface area contributed by atoms with Crippen molar-refractivity contribution in [3.05, 3.63) is 57.9 Å². The number of ketones is 1. The molecule has 2 heterocycles. The maximum atomic E-state index is 12.4. The highest BCUT2D eigenvalue weighted by Crippen LogP contribution is 2.39. The van der Waals surface area contributed by atoms with Crippen molar-refractivity contribution in [1.82, 2.24) is 9.47 Å². The first-order valence-corrected chi connectivity index (χ1v) is 9.72. The third-order valence-electron chi connectivity index (χ3n) is 5.82. The average Bonchev–Trinajstić information content (AvgIpc) is 3.20. The van der Waals surface area contributed by atoms with Crippen LogP contribution >= 0.6 is 0 Å². The Morgan fingerprint density at radius 2 is 1.79 bits per heavy atom. The predicted octanol–water partition coefficient (Wildman–Crippen LogP) is 3.98. The summed E-state index contributed by atoms with van der Waals surface area (Å²) in [5, 5.41) is 2.62. The van der Waals surface area contributed by atoms with E-state index in [0.29, 0.717) is 17.4 Å². The molecule has 1 aliphatic carbocycles. The summed E-state index contributed by atoms with van der Waals surface area (Å²) in [4.78, 5) is 26.9. The van der Waals surface area contributed by atoms with E-state index >= 15 is 0 Å². The zero-order valence-electron chi connectivity index (χ0n) is 16.1. The van der Waals surface area contributed by atoms with Gasteiger partial charge in [-0.1, -0.05) is 0 Å². The predicted molar refractivity (Wildman–Crippen MR) is 111 cm³/mol. The lowest BCUT2D eigenvalue weighted by atomic mass is 10.0. The van der Waals surface area contributed by atoms with Crippen LogP contribution < -0.4 is 5.43 Å². The first kappa shape index (κ1) is 17.2. The summed E-state index contributed by atoms with van der Waals surface area (Å²) in [6.45, 7) is 1.86. The SMILES string of the molecule is CN(C)CCCn1c2ccc3c(c2c2c4occc(=O)c4ccc21)CCC3=O. The van der Waals surface area contributed by atoms with Crippen LogP contribution in [0.1, 0.15) is 28.8 Å². The molecule has 5 heteroatoms. The zero-order chi connectivity index (χ0) is 19.4. The van der Waals surface area contributed by atoms with Crippen LogP contribution in [0.2, 0.25) is 0 Å². The van der Waals surface area contributed by atoms with E-state index < -0.39 is 0 Å². The third-order valence-corrected chi connectivity index (χ3v) is 5.82. The largest absolute Gasteiger partial charge is 0.463 e. The van der Waals surface area contributed by atoms with E-state index in [1.54, 1.807) is 0 Å². The summed E-state index contributed by atoms with van der Waals surface area (Å²) in [7, 11) is 4.15. The molecular formula is C23H22N2O3. The molecule has 5 rings (SSSR count). The Morgan fingerprint density at radius 1 is 1.00 bits per heavy atom. The minimum atomic E-state index is -0.0414. The van der Waals surface area contributed by atoms with Gasteiger partial charge >= 0.3 is 0 Å². The first-order valence-electron chi connectivity index (χ1n) is 9.72. The molecule has 0 amide bonds. The van der Waals surface area contributed by atoms with E-state index in [-0.39, 0.29) is 11.2 Å². The van der Waals surface area contributed by atoms with Gasteiger partial charge in [0.25, 0.3) is 0 Å². The molecule has 28 heavy (non-hydrogen) atoms. The molecule has 4 aromatic rings. The summed E-state index contributed by atoms with van der Waals surface area (Å²) < 4.78 is 8.16. The highest BCUT2D eigenvalue weighted by atomic mass is 16.3. The fourth-order valence-corrected chi connectivity index (χ4v) is 4.56. The fourth-order valence-electron chi connectivity index (χ4n) is 4.56. The van der Waals surface area contributed by atoms with E-state index in [2.05, 4.69) is 29.6 Å². The highest BCUT2D eigenvalue weighted by Gasteiger charge is 2.26. The number of hydrogen-bond donors (Lipinski definition) is 0. The minimum Gasteiger partial charge on any atom is -0.463 e. The Morgan fingerprint density at radius 3 is 2.61 bits per heavy atom. The lowest BCUT2D eigenvalue weighted by Crippen LogP contribution is -2.15. The maximum absolute atomic E-state index is 12.4. The standard InChI is InChI=1S/C23H22N2O3/c1-24(2)11-3-12-25-17-7-4-14-15(6-9-19(14)26)21(17)22-18(25)8-5-16-20(27)10-13-28-23(16)22/h4-5,7-8,10,13H,3,6,9,11-12H2,1-2H3. The summed E-state index contributed by atoms with van der Waals surface area (Å²) in [5.41, 5.74) is 4.66. The van der Waals surface area contributed by atoms with Gasteiger partial charge in [0, 0.05) is 35.5 Å². The van der Waals surface area contributed by atoms with Crippen LogP contribution in [0, 0.1) is 0 Å². The highest BCUT2D eigenvalue weighted by molar-refractivity contribution is 6.22. The van der Waals surface area contributed by atoms with Crippen LogP contribution in [0.5, 0.6) is 0 Å².